The Hall–Kier alpha value is -3.39. The molecule has 2 aliphatic heterocycles. The number of aliphatic imine (C=N–C) groups is 1. The molecule has 0 radical (unpaired) electrons. The zero-order chi connectivity index (χ0) is 25.7. The van der Waals surface area contributed by atoms with Crippen molar-refractivity contribution in [3.63, 3.8) is 0 Å². The summed E-state index contributed by atoms with van der Waals surface area (Å²) in [5.41, 5.74) is 4.64. The summed E-state index contributed by atoms with van der Waals surface area (Å²) in [6, 6.07) is 11.8. The molecule has 0 aromatic heterocycles. The normalized spacial score (nSPS) is 18.9. The van der Waals surface area contributed by atoms with Gasteiger partial charge >= 0.3 is 0 Å². The van der Waals surface area contributed by atoms with Crippen LogP contribution in [0.25, 0.3) is 0 Å². The van der Waals surface area contributed by atoms with Gasteiger partial charge in [0.1, 0.15) is 0 Å². The maximum atomic E-state index is 12.6. The monoisotopic (exact) mass is 491 g/mol. The number of nitrogens with zero attached hydrogens (tertiary/aromatic N) is 2. The average molecular weight is 492 g/mol. The van der Waals surface area contributed by atoms with Gasteiger partial charge in [-0.15, -0.1) is 0 Å². The molecular weight excluding hydrogens is 454 g/mol. The summed E-state index contributed by atoms with van der Waals surface area (Å²) in [7, 11) is 3.81. The van der Waals surface area contributed by atoms with Crippen molar-refractivity contribution in [1.29, 1.82) is 5.41 Å². The minimum atomic E-state index is -0.306. The van der Waals surface area contributed by atoms with Crippen LogP contribution in [0.4, 0.5) is 0 Å². The molecular formula is C28H37N5O3. The fourth-order valence-corrected chi connectivity index (χ4v) is 4.94. The van der Waals surface area contributed by atoms with E-state index in [2.05, 4.69) is 35.6 Å². The number of benzene rings is 2. The lowest BCUT2D eigenvalue weighted by Crippen LogP contribution is -2.42. The van der Waals surface area contributed by atoms with E-state index in [9.17, 15) is 4.79 Å². The molecule has 2 aromatic carbocycles. The fraction of sp³-hybridized carbons (Fsp3) is 0.464. The summed E-state index contributed by atoms with van der Waals surface area (Å²) >= 11 is 0. The minimum Gasteiger partial charge on any atom is -0.493 e. The highest BCUT2D eigenvalue weighted by Crippen LogP contribution is 2.42. The number of piperidine rings is 1. The number of nitrogens with one attached hydrogen (secondary N) is 3. The van der Waals surface area contributed by atoms with E-state index < -0.39 is 0 Å². The number of guanidine groups is 1. The SMILES string of the molecule is CCCCNC(=N)NC(=O)c1ccc(C2=N[C@@H]3CCN(C)C[C@@H]3c3cc(OCC)c(OC)cc32)cc1. The highest BCUT2D eigenvalue weighted by atomic mass is 16.5. The maximum absolute atomic E-state index is 12.6. The maximum Gasteiger partial charge on any atom is 0.257 e. The van der Waals surface area contributed by atoms with Crippen molar-refractivity contribution < 1.29 is 14.3 Å². The molecule has 2 aliphatic rings. The van der Waals surface area contributed by atoms with Crippen LogP contribution in [0.15, 0.2) is 41.4 Å². The highest BCUT2D eigenvalue weighted by Gasteiger charge is 2.36. The van der Waals surface area contributed by atoms with Gasteiger partial charge in [-0.05, 0) is 63.2 Å². The molecule has 2 aromatic rings. The third kappa shape index (κ3) is 5.54. The molecule has 8 heteroatoms. The Balaban J connectivity index is 1.63. The molecule has 192 valence electrons. The van der Waals surface area contributed by atoms with Crippen molar-refractivity contribution in [3.8, 4) is 11.5 Å². The molecule has 2 heterocycles. The van der Waals surface area contributed by atoms with Gasteiger partial charge in [0.15, 0.2) is 17.5 Å². The molecule has 0 bridgehead atoms. The number of likely N-dealkylation sites (tertiary alicyclic amines) is 1. The van der Waals surface area contributed by atoms with Crippen LogP contribution >= 0.6 is 0 Å². The van der Waals surface area contributed by atoms with Crippen molar-refractivity contribution in [2.45, 2.75) is 45.1 Å². The molecule has 36 heavy (non-hydrogen) atoms. The van der Waals surface area contributed by atoms with Gasteiger partial charge in [0.2, 0.25) is 0 Å². The van der Waals surface area contributed by atoms with E-state index in [4.69, 9.17) is 19.9 Å². The van der Waals surface area contributed by atoms with Gasteiger partial charge in [-0.2, -0.15) is 0 Å². The van der Waals surface area contributed by atoms with Crippen molar-refractivity contribution in [2.24, 2.45) is 4.99 Å². The zero-order valence-corrected chi connectivity index (χ0v) is 21.7. The Morgan fingerprint density at radius 2 is 1.97 bits per heavy atom. The van der Waals surface area contributed by atoms with E-state index in [0.717, 1.165) is 54.9 Å². The number of carbonyl (C=O) groups excluding carboxylic acids is 1. The smallest absolute Gasteiger partial charge is 0.257 e. The lowest BCUT2D eigenvalue weighted by atomic mass is 9.79. The number of methoxy groups -OCH3 is 1. The Labute approximate surface area is 213 Å². The Kier molecular flexibility index (Phi) is 8.25. The Morgan fingerprint density at radius 1 is 1.19 bits per heavy atom. The first-order chi connectivity index (χ1) is 17.4. The lowest BCUT2D eigenvalue weighted by molar-refractivity contribution is 0.0975. The predicted octanol–water partition coefficient (Wildman–Crippen LogP) is 3.79. The number of fused-ring (bicyclic) bond motifs is 3. The predicted molar refractivity (Wildman–Crippen MR) is 143 cm³/mol. The first-order valence-corrected chi connectivity index (χ1v) is 12.8. The first kappa shape index (κ1) is 25.7. The molecule has 3 N–H and O–H groups in total. The van der Waals surface area contributed by atoms with E-state index in [1.165, 1.54) is 5.56 Å². The number of hydrogen-bond donors (Lipinski definition) is 3. The number of unbranched alkanes of at least 4 members (excludes halogenated alkanes) is 1. The van der Waals surface area contributed by atoms with Gasteiger partial charge in [0.05, 0.1) is 25.5 Å². The van der Waals surface area contributed by atoms with Gasteiger partial charge in [-0.25, -0.2) is 0 Å². The summed E-state index contributed by atoms with van der Waals surface area (Å²) in [6.07, 6.45) is 2.97. The standard InChI is InChI=1S/C28H37N5O3/c1-5-7-13-30-28(29)32-27(34)19-10-8-18(9-11-19)26-21-16-24(35-4)25(36-6-2)15-20(21)22-17-33(3)14-12-23(22)31-26/h8-11,15-16,22-23H,5-7,12-14,17H2,1-4H3,(H3,29,30,32,34)/t22-,23-/m1/s1. The fourth-order valence-electron chi connectivity index (χ4n) is 4.94. The average Bonchev–Trinajstić information content (AvgIpc) is 2.88. The van der Waals surface area contributed by atoms with E-state index in [1.807, 2.05) is 25.1 Å². The third-order valence-corrected chi connectivity index (χ3v) is 6.86. The molecule has 1 amide bonds. The summed E-state index contributed by atoms with van der Waals surface area (Å²) in [5, 5.41) is 13.5. The zero-order valence-electron chi connectivity index (χ0n) is 21.7. The minimum absolute atomic E-state index is 0.0219. The number of hydrogen-bond acceptors (Lipinski definition) is 6. The van der Waals surface area contributed by atoms with Gasteiger partial charge in [-0.3, -0.25) is 20.5 Å². The van der Waals surface area contributed by atoms with Gasteiger partial charge in [0.25, 0.3) is 5.91 Å². The summed E-state index contributed by atoms with van der Waals surface area (Å²) < 4.78 is 11.6. The largest absolute Gasteiger partial charge is 0.493 e. The summed E-state index contributed by atoms with van der Waals surface area (Å²) in [6.45, 7) is 7.26. The van der Waals surface area contributed by atoms with Gasteiger partial charge in [0, 0.05) is 35.7 Å². The van der Waals surface area contributed by atoms with E-state index >= 15 is 0 Å². The molecule has 0 unspecified atom stereocenters. The van der Waals surface area contributed by atoms with Crippen LogP contribution in [0.5, 0.6) is 11.5 Å². The number of ether oxygens (including phenoxy) is 2. The number of carbonyl (C=O) groups is 1. The molecule has 4 rings (SSSR count). The number of likely N-dealkylation sites (N-methyl/N-ethyl adjacent to an activating group) is 1. The second-order valence-corrected chi connectivity index (χ2v) is 9.41. The van der Waals surface area contributed by atoms with Crippen LogP contribution < -0.4 is 20.1 Å². The van der Waals surface area contributed by atoms with Crippen molar-refractivity contribution in [2.75, 3.05) is 40.4 Å². The van der Waals surface area contributed by atoms with Crippen LogP contribution in [0, 0.1) is 5.41 Å². The number of rotatable bonds is 8. The second-order valence-electron chi connectivity index (χ2n) is 9.41. The van der Waals surface area contributed by atoms with Crippen LogP contribution in [-0.4, -0.2) is 68.9 Å². The summed E-state index contributed by atoms with van der Waals surface area (Å²) in [5.74, 6) is 1.46. The molecule has 0 spiro atoms. The summed E-state index contributed by atoms with van der Waals surface area (Å²) in [4.78, 5) is 20.2. The van der Waals surface area contributed by atoms with Crippen LogP contribution in [0.2, 0.25) is 0 Å². The molecule has 2 atom stereocenters. The van der Waals surface area contributed by atoms with Crippen molar-refractivity contribution in [3.05, 3.63) is 58.7 Å². The molecule has 8 nitrogen and oxygen atoms in total. The Bertz CT molecular complexity index is 1130. The van der Waals surface area contributed by atoms with E-state index in [0.29, 0.717) is 30.4 Å². The van der Waals surface area contributed by atoms with Gasteiger partial charge in [-0.1, -0.05) is 25.5 Å². The lowest BCUT2D eigenvalue weighted by Gasteiger charge is -2.39. The van der Waals surface area contributed by atoms with Crippen molar-refractivity contribution in [1.82, 2.24) is 15.5 Å². The van der Waals surface area contributed by atoms with E-state index in [1.54, 1.807) is 19.2 Å². The molecule has 1 saturated heterocycles. The molecule has 0 saturated carbocycles. The highest BCUT2D eigenvalue weighted by molar-refractivity contribution is 6.15. The van der Waals surface area contributed by atoms with Crippen LogP contribution in [0.3, 0.4) is 0 Å². The second kappa shape index (κ2) is 11.6. The first-order valence-electron chi connectivity index (χ1n) is 12.8. The molecule has 0 aliphatic carbocycles. The van der Waals surface area contributed by atoms with Crippen molar-refractivity contribution >= 4 is 17.6 Å². The molecule has 1 fully saturated rings. The number of amides is 1. The quantitative estimate of drug-likeness (QED) is 0.297. The van der Waals surface area contributed by atoms with Crippen LogP contribution in [-0.2, 0) is 0 Å². The van der Waals surface area contributed by atoms with Gasteiger partial charge < -0.3 is 19.7 Å². The van der Waals surface area contributed by atoms with E-state index in [-0.39, 0.29) is 17.9 Å². The Morgan fingerprint density at radius 3 is 2.67 bits per heavy atom. The van der Waals surface area contributed by atoms with Crippen LogP contribution in [0.1, 0.15) is 66.1 Å². The third-order valence-electron chi connectivity index (χ3n) is 6.86. The topological polar surface area (TPSA) is 99.0 Å².